The van der Waals surface area contributed by atoms with Gasteiger partial charge in [0.25, 0.3) is 0 Å². The number of hydrogen-bond donors (Lipinski definition) is 2. The molecule has 0 aromatic carbocycles. The molecule has 2 N–H and O–H groups in total. The van der Waals surface area contributed by atoms with Gasteiger partial charge in [0, 0.05) is 24.5 Å². The monoisotopic (exact) mass is 177 g/mol. The van der Waals surface area contributed by atoms with Crippen LogP contribution in [0.1, 0.15) is 13.3 Å². The molecule has 0 aromatic rings. The smallest absolute Gasteiger partial charge is 0.220 e. The van der Waals surface area contributed by atoms with Gasteiger partial charge in [-0.1, -0.05) is 6.92 Å². The highest BCUT2D eigenvalue weighted by Gasteiger charge is 2.02. The molecule has 0 spiro atoms. The zero-order valence-corrected chi connectivity index (χ0v) is 7.78. The molecule has 4 heteroatoms. The summed E-state index contributed by atoms with van der Waals surface area (Å²) in [4.78, 5) is 10.7. The van der Waals surface area contributed by atoms with Crippen molar-refractivity contribution in [3.63, 3.8) is 0 Å². The second-order valence-corrected chi connectivity index (χ2v) is 3.83. The van der Waals surface area contributed by atoms with Gasteiger partial charge in [-0.15, -0.1) is 0 Å². The maximum Gasteiger partial charge on any atom is 0.220 e. The predicted molar refractivity (Wildman–Crippen MR) is 47.7 cm³/mol. The Morgan fingerprint density at radius 1 is 1.73 bits per heavy atom. The summed E-state index contributed by atoms with van der Waals surface area (Å²) in [5.41, 5.74) is 0. The van der Waals surface area contributed by atoms with Crippen molar-refractivity contribution < 1.29 is 9.90 Å². The molecule has 1 unspecified atom stereocenters. The number of hydrogen-bond acceptors (Lipinski definition) is 3. The molecule has 11 heavy (non-hydrogen) atoms. The second kappa shape index (κ2) is 6.49. The van der Waals surface area contributed by atoms with Crippen molar-refractivity contribution in [3.05, 3.63) is 0 Å². The highest BCUT2D eigenvalue weighted by Crippen LogP contribution is 2.09. The number of aliphatic hydroxyl groups excluding tert-OH is 1. The third-order valence-corrected chi connectivity index (χ3v) is 2.43. The van der Waals surface area contributed by atoms with Crippen molar-refractivity contribution in [2.45, 2.75) is 18.6 Å². The van der Waals surface area contributed by atoms with Gasteiger partial charge in [0.15, 0.2) is 0 Å². The van der Waals surface area contributed by atoms with E-state index in [4.69, 9.17) is 5.11 Å². The van der Waals surface area contributed by atoms with E-state index in [1.165, 1.54) is 0 Å². The Balaban J connectivity index is 3.20. The van der Waals surface area contributed by atoms with E-state index >= 15 is 0 Å². The third kappa shape index (κ3) is 6.19. The number of nitrogens with one attached hydrogen (secondary N) is 1. The Morgan fingerprint density at radius 3 is 2.82 bits per heavy atom. The van der Waals surface area contributed by atoms with Gasteiger partial charge in [-0.25, -0.2) is 0 Å². The van der Waals surface area contributed by atoms with Crippen LogP contribution in [0.5, 0.6) is 0 Å². The standard InChI is InChI=1S/C7H15NO2S/c1-6(5-9)11-4-3-7(10)8-2/h6,9H,3-5H2,1-2H3,(H,8,10). The number of aliphatic hydroxyl groups is 1. The molecule has 66 valence electrons. The van der Waals surface area contributed by atoms with Gasteiger partial charge in [-0.05, 0) is 0 Å². The lowest BCUT2D eigenvalue weighted by atomic mass is 10.5. The van der Waals surface area contributed by atoms with Crippen molar-refractivity contribution >= 4 is 17.7 Å². The summed E-state index contributed by atoms with van der Waals surface area (Å²) in [5.74, 6) is 0.837. The minimum atomic E-state index is 0.0580. The molecule has 3 nitrogen and oxygen atoms in total. The van der Waals surface area contributed by atoms with Crippen LogP contribution >= 0.6 is 11.8 Å². The molecule has 0 radical (unpaired) electrons. The Labute approximate surface area is 71.6 Å². The maximum atomic E-state index is 10.7. The van der Waals surface area contributed by atoms with Crippen LogP contribution in [0.4, 0.5) is 0 Å². The first-order chi connectivity index (χ1) is 5.20. The van der Waals surface area contributed by atoms with E-state index in [0.717, 1.165) is 5.75 Å². The number of carbonyl (C=O) groups is 1. The average Bonchev–Trinajstić information content (AvgIpc) is 2.04. The fraction of sp³-hybridized carbons (Fsp3) is 0.857. The Hall–Kier alpha value is -0.220. The Morgan fingerprint density at radius 2 is 2.36 bits per heavy atom. The van der Waals surface area contributed by atoms with E-state index in [1.54, 1.807) is 18.8 Å². The molecule has 0 aliphatic rings. The molecule has 0 rings (SSSR count). The van der Waals surface area contributed by atoms with Gasteiger partial charge in [-0.2, -0.15) is 11.8 Å². The topological polar surface area (TPSA) is 49.3 Å². The normalized spacial score (nSPS) is 12.6. The largest absolute Gasteiger partial charge is 0.395 e. The molecule has 0 aliphatic heterocycles. The van der Waals surface area contributed by atoms with Gasteiger partial charge in [0.2, 0.25) is 5.91 Å². The molecule has 0 saturated carbocycles. The van der Waals surface area contributed by atoms with Gasteiger partial charge in [-0.3, -0.25) is 4.79 Å². The zero-order valence-electron chi connectivity index (χ0n) is 6.96. The summed E-state index contributed by atoms with van der Waals surface area (Å²) in [6, 6.07) is 0. The lowest BCUT2D eigenvalue weighted by molar-refractivity contribution is -0.120. The van der Waals surface area contributed by atoms with Gasteiger partial charge in [0.05, 0.1) is 6.61 Å². The van der Waals surface area contributed by atoms with Crippen LogP contribution in [0, 0.1) is 0 Å². The lowest BCUT2D eigenvalue weighted by Gasteiger charge is -2.05. The van der Waals surface area contributed by atoms with Gasteiger partial charge in [0.1, 0.15) is 0 Å². The van der Waals surface area contributed by atoms with Crippen LogP contribution in [0.3, 0.4) is 0 Å². The summed E-state index contributed by atoms with van der Waals surface area (Å²) >= 11 is 1.61. The molecular weight excluding hydrogens is 162 g/mol. The fourth-order valence-corrected chi connectivity index (χ4v) is 1.34. The van der Waals surface area contributed by atoms with E-state index in [1.807, 2.05) is 6.92 Å². The molecule has 0 fully saturated rings. The minimum Gasteiger partial charge on any atom is -0.395 e. The van der Waals surface area contributed by atoms with E-state index in [2.05, 4.69) is 5.32 Å². The molecular formula is C7H15NO2S. The van der Waals surface area contributed by atoms with Crippen LogP contribution in [-0.4, -0.2) is 35.7 Å². The van der Waals surface area contributed by atoms with Crippen molar-refractivity contribution in [1.29, 1.82) is 0 Å². The maximum absolute atomic E-state index is 10.7. The van der Waals surface area contributed by atoms with E-state index in [9.17, 15) is 4.79 Å². The fourth-order valence-electron chi connectivity index (χ4n) is 0.531. The van der Waals surface area contributed by atoms with E-state index in [0.29, 0.717) is 6.42 Å². The van der Waals surface area contributed by atoms with Crippen molar-refractivity contribution in [2.75, 3.05) is 19.4 Å². The van der Waals surface area contributed by atoms with Crippen LogP contribution in [-0.2, 0) is 4.79 Å². The summed E-state index contributed by atoms with van der Waals surface area (Å²) in [6.45, 7) is 2.12. The Bertz CT molecular complexity index is 119. The quantitative estimate of drug-likeness (QED) is 0.632. The van der Waals surface area contributed by atoms with Crippen LogP contribution < -0.4 is 5.32 Å². The third-order valence-electron chi connectivity index (χ3n) is 1.27. The first-order valence-corrected chi connectivity index (χ1v) is 4.68. The van der Waals surface area contributed by atoms with E-state index < -0.39 is 0 Å². The second-order valence-electron chi connectivity index (χ2n) is 2.29. The van der Waals surface area contributed by atoms with E-state index in [-0.39, 0.29) is 17.8 Å². The summed E-state index contributed by atoms with van der Waals surface area (Å²) in [7, 11) is 1.63. The molecule has 0 bridgehead atoms. The SMILES string of the molecule is CNC(=O)CCSC(C)CO. The average molecular weight is 177 g/mol. The van der Waals surface area contributed by atoms with Crippen molar-refractivity contribution in [1.82, 2.24) is 5.32 Å². The van der Waals surface area contributed by atoms with Crippen LogP contribution in [0.25, 0.3) is 0 Å². The van der Waals surface area contributed by atoms with Crippen molar-refractivity contribution in [3.8, 4) is 0 Å². The molecule has 1 atom stereocenters. The highest BCUT2D eigenvalue weighted by atomic mass is 32.2. The molecule has 0 heterocycles. The number of amides is 1. The van der Waals surface area contributed by atoms with Gasteiger partial charge >= 0.3 is 0 Å². The molecule has 0 aromatic heterocycles. The number of rotatable bonds is 5. The van der Waals surface area contributed by atoms with Gasteiger partial charge < -0.3 is 10.4 Å². The first-order valence-electron chi connectivity index (χ1n) is 3.63. The molecule has 0 aliphatic carbocycles. The molecule has 0 saturated heterocycles. The predicted octanol–water partition coefficient (Wildman–Crippen LogP) is 0.237. The summed E-state index contributed by atoms with van der Waals surface area (Å²) < 4.78 is 0. The van der Waals surface area contributed by atoms with Crippen LogP contribution in [0.15, 0.2) is 0 Å². The lowest BCUT2D eigenvalue weighted by Crippen LogP contribution is -2.18. The number of carbonyl (C=O) groups excluding carboxylic acids is 1. The minimum absolute atomic E-state index is 0.0580. The number of thioether (sulfide) groups is 1. The van der Waals surface area contributed by atoms with Crippen molar-refractivity contribution in [2.24, 2.45) is 0 Å². The highest BCUT2D eigenvalue weighted by molar-refractivity contribution is 7.99. The molecule has 1 amide bonds. The summed E-state index contributed by atoms with van der Waals surface area (Å²) in [6.07, 6.45) is 0.533. The Kier molecular flexibility index (Phi) is 6.36. The first kappa shape index (κ1) is 10.8. The van der Waals surface area contributed by atoms with Crippen LogP contribution in [0.2, 0.25) is 0 Å². The zero-order chi connectivity index (χ0) is 8.69. The summed E-state index contributed by atoms with van der Waals surface area (Å²) in [5, 5.41) is 11.4.